The number of carbonyl (C=O) groups excluding carboxylic acids is 1. The maximum atomic E-state index is 11.9. The summed E-state index contributed by atoms with van der Waals surface area (Å²) in [6.07, 6.45) is 1.79. The fourth-order valence-corrected chi connectivity index (χ4v) is 2.03. The number of anilines is 1. The molecule has 0 radical (unpaired) electrons. The number of fused-ring (bicyclic) bond motifs is 1. The molecule has 1 amide bonds. The second-order valence-corrected chi connectivity index (χ2v) is 4.18. The number of carbonyl (C=O) groups is 1. The van der Waals surface area contributed by atoms with E-state index in [9.17, 15) is 4.79 Å². The first kappa shape index (κ1) is 11.9. The lowest BCUT2D eigenvalue weighted by atomic mass is 9.98. The van der Waals surface area contributed by atoms with Crippen LogP contribution in [0.3, 0.4) is 0 Å². The molecule has 0 saturated carbocycles. The number of rotatable bonds is 4. The Morgan fingerprint density at radius 3 is 3.18 bits per heavy atom. The second kappa shape index (κ2) is 5.68. The highest BCUT2D eigenvalue weighted by Gasteiger charge is 2.22. The zero-order valence-electron chi connectivity index (χ0n) is 10.0. The molecule has 1 unspecified atom stereocenters. The Labute approximate surface area is 101 Å². The normalized spacial score (nSPS) is 18.1. The fourth-order valence-electron chi connectivity index (χ4n) is 2.03. The highest BCUT2D eigenvalue weighted by atomic mass is 16.5. The molecule has 0 fully saturated rings. The lowest BCUT2D eigenvalue weighted by Crippen LogP contribution is -2.42. The molecule has 2 N–H and O–H groups in total. The number of ether oxygens (including phenoxy) is 1. The molecule has 0 bridgehead atoms. The van der Waals surface area contributed by atoms with E-state index in [1.54, 1.807) is 7.11 Å². The Morgan fingerprint density at radius 2 is 2.35 bits per heavy atom. The largest absolute Gasteiger partial charge is 0.383 e. The monoisotopic (exact) mass is 234 g/mol. The number of methoxy groups -OCH3 is 1. The molecule has 0 saturated heterocycles. The van der Waals surface area contributed by atoms with Crippen molar-refractivity contribution in [1.29, 1.82) is 0 Å². The van der Waals surface area contributed by atoms with Gasteiger partial charge >= 0.3 is 0 Å². The maximum absolute atomic E-state index is 11.9. The SMILES string of the molecule is COCCNC(=O)C1CCc2ccccc2N1. The average molecular weight is 234 g/mol. The van der Waals surface area contributed by atoms with E-state index in [4.69, 9.17) is 4.74 Å². The van der Waals surface area contributed by atoms with Crippen molar-refractivity contribution in [2.24, 2.45) is 0 Å². The number of aryl methyl sites for hydroxylation is 1. The first-order chi connectivity index (χ1) is 8.31. The summed E-state index contributed by atoms with van der Waals surface area (Å²) in [6.45, 7) is 1.12. The van der Waals surface area contributed by atoms with Crippen LogP contribution < -0.4 is 10.6 Å². The Hall–Kier alpha value is -1.55. The van der Waals surface area contributed by atoms with Gasteiger partial charge in [0.05, 0.1) is 6.61 Å². The molecule has 1 aliphatic rings. The first-order valence-corrected chi connectivity index (χ1v) is 5.92. The van der Waals surface area contributed by atoms with E-state index in [0.29, 0.717) is 13.2 Å². The molecule has 4 heteroatoms. The Kier molecular flexibility index (Phi) is 3.98. The lowest BCUT2D eigenvalue weighted by Gasteiger charge is -2.26. The van der Waals surface area contributed by atoms with Crippen molar-refractivity contribution < 1.29 is 9.53 Å². The van der Waals surface area contributed by atoms with Crippen molar-refractivity contribution in [2.45, 2.75) is 18.9 Å². The van der Waals surface area contributed by atoms with Crippen LogP contribution in [0.5, 0.6) is 0 Å². The Morgan fingerprint density at radius 1 is 1.53 bits per heavy atom. The summed E-state index contributed by atoms with van der Waals surface area (Å²) in [5.74, 6) is 0.0524. The predicted molar refractivity (Wildman–Crippen MR) is 67.1 cm³/mol. The van der Waals surface area contributed by atoms with Gasteiger partial charge in [-0.05, 0) is 24.5 Å². The van der Waals surface area contributed by atoms with Gasteiger partial charge in [0.25, 0.3) is 0 Å². The smallest absolute Gasteiger partial charge is 0.242 e. The first-order valence-electron chi connectivity index (χ1n) is 5.92. The molecule has 0 aromatic heterocycles. The molecule has 1 aromatic carbocycles. The molecule has 4 nitrogen and oxygen atoms in total. The van der Waals surface area contributed by atoms with Crippen molar-refractivity contribution in [3.8, 4) is 0 Å². The fraction of sp³-hybridized carbons (Fsp3) is 0.462. The van der Waals surface area contributed by atoms with Crippen molar-refractivity contribution in [3.63, 3.8) is 0 Å². The highest BCUT2D eigenvalue weighted by Crippen LogP contribution is 2.24. The van der Waals surface area contributed by atoms with Crippen molar-refractivity contribution in [1.82, 2.24) is 5.32 Å². The third-order valence-corrected chi connectivity index (χ3v) is 2.97. The van der Waals surface area contributed by atoms with Crippen molar-refractivity contribution >= 4 is 11.6 Å². The summed E-state index contributed by atoms with van der Waals surface area (Å²) in [4.78, 5) is 11.9. The molecule has 0 aliphatic carbocycles. The predicted octanol–water partition coefficient (Wildman–Crippen LogP) is 1.18. The van der Waals surface area contributed by atoms with E-state index in [1.165, 1.54) is 5.56 Å². The second-order valence-electron chi connectivity index (χ2n) is 4.18. The van der Waals surface area contributed by atoms with Gasteiger partial charge in [-0.3, -0.25) is 4.79 Å². The highest BCUT2D eigenvalue weighted by molar-refractivity contribution is 5.85. The minimum atomic E-state index is -0.123. The summed E-state index contributed by atoms with van der Waals surface area (Å²) < 4.78 is 4.90. The van der Waals surface area contributed by atoms with Gasteiger partial charge in [0.15, 0.2) is 0 Å². The van der Waals surface area contributed by atoms with Gasteiger partial charge in [-0.2, -0.15) is 0 Å². The minimum absolute atomic E-state index is 0.0524. The average Bonchev–Trinajstić information content (AvgIpc) is 2.38. The van der Waals surface area contributed by atoms with Crippen molar-refractivity contribution in [3.05, 3.63) is 29.8 Å². The van der Waals surface area contributed by atoms with E-state index >= 15 is 0 Å². The number of nitrogens with one attached hydrogen (secondary N) is 2. The van der Waals surface area contributed by atoms with Crippen LogP contribution in [-0.2, 0) is 16.0 Å². The van der Waals surface area contributed by atoms with Gasteiger partial charge in [0, 0.05) is 19.3 Å². The van der Waals surface area contributed by atoms with Crippen LogP contribution in [0.25, 0.3) is 0 Å². The lowest BCUT2D eigenvalue weighted by molar-refractivity contribution is -0.122. The van der Waals surface area contributed by atoms with Gasteiger partial charge in [0.1, 0.15) is 6.04 Å². The zero-order chi connectivity index (χ0) is 12.1. The number of hydrogen-bond donors (Lipinski definition) is 2. The van der Waals surface area contributed by atoms with Crippen LogP contribution in [0.15, 0.2) is 24.3 Å². The maximum Gasteiger partial charge on any atom is 0.242 e. The molecular formula is C13H18N2O2. The molecule has 2 rings (SSSR count). The van der Waals surface area contributed by atoms with E-state index in [1.807, 2.05) is 18.2 Å². The summed E-state index contributed by atoms with van der Waals surface area (Å²) in [5, 5.41) is 6.13. The number of amides is 1. The molecule has 17 heavy (non-hydrogen) atoms. The molecule has 1 aliphatic heterocycles. The summed E-state index contributed by atoms with van der Waals surface area (Å²) >= 11 is 0. The van der Waals surface area contributed by atoms with Crippen molar-refractivity contribution in [2.75, 3.05) is 25.6 Å². The molecule has 0 spiro atoms. The summed E-state index contributed by atoms with van der Waals surface area (Å²) in [7, 11) is 1.63. The summed E-state index contributed by atoms with van der Waals surface area (Å²) in [6, 6.07) is 8.00. The van der Waals surface area contributed by atoms with E-state index < -0.39 is 0 Å². The van der Waals surface area contributed by atoms with Gasteiger partial charge in [0.2, 0.25) is 5.91 Å². The number of hydrogen-bond acceptors (Lipinski definition) is 3. The van der Waals surface area contributed by atoms with Crippen LogP contribution in [0, 0.1) is 0 Å². The van der Waals surface area contributed by atoms with Gasteiger partial charge in [-0.15, -0.1) is 0 Å². The molecule has 92 valence electrons. The minimum Gasteiger partial charge on any atom is -0.383 e. The number of para-hydroxylation sites is 1. The van der Waals surface area contributed by atoms with Crippen LogP contribution in [-0.4, -0.2) is 32.2 Å². The van der Waals surface area contributed by atoms with E-state index in [0.717, 1.165) is 18.5 Å². The standard InChI is InChI=1S/C13H18N2O2/c1-17-9-8-14-13(16)12-7-6-10-4-2-3-5-11(10)15-12/h2-5,12,15H,6-9H2,1H3,(H,14,16). The number of benzene rings is 1. The third-order valence-electron chi connectivity index (χ3n) is 2.97. The zero-order valence-corrected chi connectivity index (χ0v) is 10.0. The van der Waals surface area contributed by atoms with Gasteiger partial charge in [-0.25, -0.2) is 0 Å². The van der Waals surface area contributed by atoms with Gasteiger partial charge in [-0.1, -0.05) is 18.2 Å². The van der Waals surface area contributed by atoms with E-state index in [2.05, 4.69) is 16.7 Å². The van der Waals surface area contributed by atoms with Crippen LogP contribution >= 0.6 is 0 Å². The van der Waals surface area contributed by atoms with E-state index in [-0.39, 0.29) is 11.9 Å². The van der Waals surface area contributed by atoms with Crippen LogP contribution in [0.1, 0.15) is 12.0 Å². The molecular weight excluding hydrogens is 216 g/mol. The molecule has 1 aromatic rings. The van der Waals surface area contributed by atoms with Gasteiger partial charge < -0.3 is 15.4 Å². The van der Waals surface area contributed by atoms with Crippen LogP contribution in [0.4, 0.5) is 5.69 Å². The molecule has 1 atom stereocenters. The topological polar surface area (TPSA) is 50.4 Å². The Bertz CT molecular complexity index is 393. The summed E-state index contributed by atoms with van der Waals surface area (Å²) in [5.41, 5.74) is 2.36. The Balaban J connectivity index is 1.91. The molecule has 1 heterocycles. The third kappa shape index (κ3) is 2.97. The quantitative estimate of drug-likeness (QED) is 0.769. The van der Waals surface area contributed by atoms with Crippen LogP contribution in [0.2, 0.25) is 0 Å².